The summed E-state index contributed by atoms with van der Waals surface area (Å²) in [5.74, 6) is -4.25. The minimum absolute atomic E-state index is 0.0558. The number of alkyl halides is 9. The number of nitrogens with two attached hydrogens (primary N) is 1. The predicted molar refractivity (Wildman–Crippen MR) is 133 cm³/mol. The molecule has 238 valence electrons. The first kappa shape index (κ1) is 34.0. The summed E-state index contributed by atoms with van der Waals surface area (Å²) in [5.41, 5.74) is -5.41. The van der Waals surface area contributed by atoms with Crippen molar-refractivity contribution in [2.75, 3.05) is 7.11 Å². The third-order valence-corrected chi connectivity index (χ3v) is 6.57. The molecule has 2 amide bonds. The van der Waals surface area contributed by atoms with Gasteiger partial charge in [-0.15, -0.1) is 0 Å². The Morgan fingerprint density at radius 1 is 1.20 bits per heavy atom. The number of aryl methyl sites for hydroxylation is 1. The largest absolute Gasteiger partial charge is 0.452 e. The van der Waals surface area contributed by atoms with Gasteiger partial charge in [0.25, 0.3) is 5.91 Å². The zero-order valence-corrected chi connectivity index (χ0v) is 22.9. The molecule has 3 rings (SSSR count). The molecule has 2 aromatic rings. The van der Waals surface area contributed by atoms with Crippen molar-refractivity contribution in [1.82, 2.24) is 14.7 Å². The van der Waals surface area contributed by atoms with Gasteiger partial charge in [-0.05, 0) is 30.5 Å². The number of ether oxygens (including phenoxy) is 2. The minimum atomic E-state index is -6.71. The molecule has 0 aliphatic heterocycles. The van der Waals surface area contributed by atoms with Crippen LogP contribution in [0.3, 0.4) is 0 Å². The zero-order chi connectivity index (χ0) is 33.4. The number of hydrogen-bond acceptors (Lipinski definition) is 8. The normalized spacial score (nSPS) is 15.3. The van der Waals surface area contributed by atoms with Crippen molar-refractivity contribution < 1.29 is 58.6 Å². The number of imide groups is 1. The molecule has 0 radical (unpaired) electrons. The number of aromatic nitrogens is 2. The van der Waals surface area contributed by atoms with Gasteiger partial charge in [-0.25, -0.2) is 23.8 Å². The molecule has 2 N–H and O–H groups in total. The summed E-state index contributed by atoms with van der Waals surface area (Å²) in [6.45, 7) is -4.03. The Kier molecular flexibility index (Phi) is 9.20. The second kappa shape index (κ2) is 11.9. The van der Waals surface area contributed by atoms with E-state index in [2.05, 4.69) is 19.6 Å². The molecule has 20 heteroatoms. The molecule has 10 nitrogen and oxygen atoms in total. The maximum Gasteiger partial charge on any atom is 0.437 e. The summed E-state index contributed by atoms with van der Waals surface area (Å²) < 4.78 is 130. The van der Waals surface area contributed by atoms with Crippen molar-refractivity contribution in [1.29, 1.82) is 5.26 Å². The number of nitriles is 1. The van der Waals surface area contributed by atoms with Crippen molar-refractivity contribution in [3.05, 3.63) is 46.2 Å². The number of halogens is 10. The summed E-state index contributed by atoms with van der Waals surface area (Å²) in [4.78, 5) is 29.8. The lowest BCUT2D eigenvalue weighted by atomic mass is 9.99. The van der Waals surface area contributed by atoms with Gasteiger partial charge in [0, 0.05) is 25.0 Å². The van der Waals surface area contributed by atoms with Crippen LogP contribution in [0.4, 0.5) is 50.1 Å². The highest BCUT2D eigenvalue weighted by molar-refractivity contribution is 6.34. The summed E-state index contributed by atoms with van der Waals surface area (Å²) in [6, 6.07) is 5.25. The Balaban J connectivity index is 2.12. The molecule has 1 aromatic carbocycles. The molecule has 0 atom stereocenters. The van der Waals surface area contributed by atoms with Gasteiger partial charge in [0.1, 0.15) is 5.54 Å². The number of carbonyl (C=O) groups is 2. The fraction of sp³-hybridized carbons (Fsp3) is 0.375. The highest BCUT2D eigenvalue weighted by atomic mass is 35.5. The topological polar surface area (TPSA) is 136 Å². The van der Waals surface area contributed by atoms with Crippen LogP contribution in [0.15, 0.2) is 29.4 Å². The van der Waals surface area contributed by atoms with Crippen LogP contribution in [0.5, 0.6) is 5.75 Å². The first-order valence-electron chi connectivity index (χ1n) is 11.7. The number of methoxy groups -OCH3 is 1. The number of allylic oxidation sites excluding steroid dienone is 1. The molecule has 1 aliphatic rings. The van der Waals surface area contributed by atoms with E-state index >= 15 is 0 Å². The molecular weight excluding hydrogens is 643 g/mol. The quantitative estimate of drug-likeness (QED) is 0.274. The van der Waals surface area contributed by atoms with Gasteiger partial charge in [0.2, 0.25) is 0 Å². The number of carbonyl (C=O) groups excluding carboxylic acids is 2. The third kappa shape index (κ3) is 5.98. The van der Waals surface area contributed by atoms with E-state index in [9.17, 15) is 54.4 Å². The molecule has 0 unspecified atom stereocenters. The standard InChI is InChI=1S/C24H18ClF9N6O4/c1-39-17(15(44-19(26)27)16(38-39)22(28,23(29,30)31)24(32,33)34)37-9-12(8-35)11-3-4-14(25)13(7-11)18(41)40(20(42)43-2)21(10-36)5-6-21/h3-4,7-9,19H,5-6,35H2,1-2H3. The fourth-order valence-electron chi connectivity index (χ4n) is 3.87. The van der Waals surface area contributed by atoms with Crippen molar-refractivity contribution in [2.24, 2.45) is 17.8 Å². The summed E-state index contributed by atoms with van der Waals surface area (Å²) in [6.07, 6.45) is -12.9. The van der Waals surface area contributed by atoms with Crippen molar-refractivity contribution in [3.63, 3.8) is 0 Å². The Labute approximate surface area is 246 Å². The van der Waals surface area contributed by atoms with Gasteiger partial charge < -0.3 is 15.2 Å². The van der Waals surface area contributed by atoms with Crippen LogP contribution in [-0.2, 0) is 17.5 Å². The number of rotatable bonds is 8. The second-order valence-corrected chi connectivity index (χ2v) is 9.39. The number of amides is 2. The molecule has 0 saturated heterocycles. The van der Waals surface area contributed by atoms with E-state index in [1.807, 2.05) is 6.07 Å². The maximum atomic E-state index is 14.8. The van der Waals surface area contributed by atoms with Crippen molar-refractivity contribution >= 4 is 41.2 Å². The van der Waals surface area contributed by atoms with Gasteiger partial charge in [0.15, 0.2) is 17.3 Å². The molecule has 1 aliphatic carbocycles. The summed E-state index contributed by atoms with van der Waals surface area (Å²) >= 11 is 6.14. The zero-order valence-electron chi connectivity index (χ0n) is 22.1. The third-order valence-electron chi connectivity index (χ3n) is 6.24. The summed E-state index contributed by atoms with van der Waals surface area (Å²) in [5, 5.41) is 12.1. The van der Waals surface area contributed by atoms with Gasteiger partial charge >= 0.3 is 30.7 Å². The molecule has 0 spiro atoms. The van der Waals surface area contributed by atoms with Crippen LogP contribution in [0.1, 0.15) is 34.5 Å². The highest BCUT2D eigenvalue weighted by Crippen LogP contribution is 2.56. The predicted octanol–water partition coefficient (Wildman–Crippen LogP) is 5.93. The average Bonchev–Trinajstić information content (AvgIpc) is 3.66. The number of aliphatic imine (C=N–C) groups is 1. The van der Waals surface area contributed by atoms with E-state index in [1.165, 1.54) is 6.07 Å². The lowest BCUT2D eigenvalue weighted by Gasteiger charge is -2.28. The van der Waals surface area contributed by atoms with Gasteiger partial charge in [-0.1, -0.05) is 17.7 Å². The first-order chi connectivity index (χ1) is 20.3. The van der Waals surface area contributed by atoms with E-state index in [0.717, 1.165) is 25.4 Å². The molecule has 1 fully saturated rings. The van der Waals surface area contributed by atoms with E-state index in [-0.39, 0.29) is 39.2 Å². The van der Waals surface area contributed by atoms with Crippen LogP contribution in [-0.4, -0.2) is 64.5 Å². The van der Waals surface area contributed by atoms with Crippen LogP contribution in [0.2, 0.25) is 5.02 Å². The lowest BCUT2D eigenvalue weighted by Crippen LogP contribution is -2.51. The smallest absolute Gasteiger partial charge is 0.437 e. The van der Waals surface area contributed by atoms with Crippen LogP contribution in [0.25, 0.3) is 5.57 Å². The average molecular weight is 661 g/mol. The van der Waals surface area contributed by atoms with E-state index in [0.29, 0.717) is 18.2 Å². The Bertz CT molecular complexity index is 1540. The summed E-state index contributed by atoms with van der Waals surface area (Å²) in [7, 11) is 1.64. The molecule has 1 saturated carbocycles. The van der Waals surface area contributed by atoms with Crippen molar-refractivity contribution in [2.45, 2.75) is 43.0 Å². The van der Waals surface area contributed by atoms with E-state index in [4.69, 9.17) is 17.3 Å². The molecular formula is C24H18ClF9N6O4. The number of nitrogens with zero attached hydrogens (tertiary/aromatic N) is 5. The number of hydrogen-bond donors (Lipinski definition) is 1. The molecule has 1 aromatic heterocycles. The Morgan fingerprint density at radius 3 is 2.25 bits per heavy atom. The first-order valence-corrected chi connectivity index (χ1v) is 12.1. The van der Waals surface area contributed by atoms with Crippen LogP contribution >= 0.6 is 11.6 Å². The molecule has 1 heterocycles. The highest BCUT2D eigenvalue weighted by Gasteiger charge is 2.76. The van der Waals surface area contributed by atoms with Crippen molar-refractivity contribution in [3.8, 4) is 11.8 Å². The minimum Gasteiger partial charge on any atom is -0.452 e. The molecule has 44 heavy (non-hydrogen) atoms. The van der Waals surface area contributed by atoms with Gasteiger partial charge in [-0.3, -0.25) is 4.79 Å². The second-order valence-electron chi connectivity index (χ2n) is 8.99. The Morgan fingerprint density at radius 2 is 1.80 bits per heavy atom. The van der Waals surface area contributed by atoms with E-state index < -0.39 is 59.4 Å². The van der Waals surface area contributed by atoms with Gasteiger partial charge in [0.05, 0.1) is 23.8 Å². The Hall–Kier alpha value is -4.47. The van der Waals surface area contributed by atoms with Crippen LogP contribution < -0.4 is 10.5 Å². The monoisotopic (exact) mass is 660 g/mol. The van der Waals surface area contributed by atoms with Crippen LogP contribution in [0, 0.1) is 11.3 Å². The SMILES string of the molecule is COC(=O)N(C(=O)c1cc(C(C=Nc2c(OC(F)F)c(C(F)(C(F)(F)F)C(F)(F)F)nn2C)=CN)ccc1Cl)C1(C#N)CC1. The maximum absolute atomic E-state index is 14.8. The molecule has 0 bridgehead atoms. The lowest BCUT2D eigenvalue weighted by molar-refractivity contribution is -0.350. The fourth-order valence-corrected chi connectivity index (χ4v) is 4.07. The van der Waals surface area contributed by atoms with Gasteiger partial charge in [-0.2, -0.15) is 45.5 Å². The van der Waals surface area contributed by atoms with E-state index in [1.54, 1.807) is 0 Å². The number of benzene rings is 1.